The van der Waals surface area contributed by atoms with Gasteiger partial charge in [0.1, 0.15) is 5.76 Å². The van der Waals surface area contributed by atoms with Crippen molar-refractivity contribution in [2.24, 2.45) is 5.92 Å². The Morgan fingerprint density at radius 2 is 2.00 bits per heavy atom. The van der Waals surface area contributed by atoms with Crippen LogP contribution in [0.2, 0.25) is 0 Å². The molecule has 2 heteroatoms. The monoisotopic (exact) mass is 212 g/mol. The molecule has 0 amide bonds. The van der Waals surface area contributed by atoms with E-state index in [0.717, 1.165) is 28.9 Å². The lowest BCUT2D eigenvalue weighted by Crippen LogP contribution is -2.02. The summed E-state index contributed by atoms with van der Waals surface area (Å²) in [6.45, 7) is 1.98. The van der Waals surface area contributed by atoms with Crippen LogP contribution in [0.15, 0.2) is 41.0 Å². The number of benzene rings is 1. The number of hydrogen-bond donors (Lipinski definition) is 0. The zero-order valence-corrected chi connectivity index (χ0v) is 9.07. The van der Waals surface area contributed by atoms with Crippen molar-refractivity contribution < 1.29 is 9.21 Å². The number of fused-ring (bicyclic) bond motifs is 1. The number of hydrogen-bond acceptors (Lipinski definition) is 2. The van der Waals surface area contributed by atoms with Crippen molar-refractivity contribution in [1.29, 1.82) is 0 Å². The van der Waals surface area contributed by atoms with Gasteiger partial charge in [0.05, 0.1) is 6.26 Å². The van der Waals surface area contributed by atoms with Crippen molar-refractivity contribution in [2.45, 2.75) is 13.3 Å². The maximum atomic E-state index is 11.9. The molecule has 0 saturated carbocycles. The van der Waals surface area contributed by atoms with Crippen molar-refractivity contribution in [2.75, 3.05) is 0 Å². The van der Waals surface area contributed by atoms with Gasteiger partial charge < -0.3 is 4.42 Å². The van der Waals surface area contributed by atoms with E-state index in [1.54, 1.807) is 6.26 Å². The number of carbonyl (C=O) groups excluding carboxylic acids is 1. The maximum Gasteiger partial charge on any atom is 0.166 e. The summed E-state index contributed by atoms with van der Waals surface area (Å²) in [5, 5.41) is 0. The molecule has 1 heterocycles. The molecule has 1 atom stereocenters. The molecule has 0 saturated heterocycles. The van der Waals surface area contributed by atoms with Crippen LogP contribution in [-0.4, -0.2) is 5.78 Å². The van der Waals surface area contributed by atoms with E-state index in [9.17, 15) is 4.79 Å². The van der Waals surface area contributed by atoms with Crippen LogP contribution < -0.4 is 0 Å². The van der Waals surface area contributed by atoms with Gasteiger partial charge in [-0.3, -0.25) is 4.79 Å². The van der Waals surface area contributed by atoms with Gasteiger partial charge in [0, 0.05) is 17.0 Å². The first-order chi connectivity index (χ1) is 7.77. The summed E-state index contributed by atoms with van der Waals surface area (Å²) < 4.78 is 5.40. The van der Waals surface area contributed by atoms with E-state index in [4.69, 9.17) is 4.42 Å². The molecule has 2 aromatic rings. The normalized spacial score (nSPS) is 18.8. The van der Waals surface area contributed by atoms with Crippen LogP contribution in [0.25, 0.3) is 11.3 Å². The van der Waals surface area contributed by atoms with Crippen LogP contribution >= 0.6 is 0 Å². The molecule has 0 fully saturated rings. The summed E-state index contributed by atoms with van der Waals surface area (Å²) >= 11 is 0. The molecule has 16 heavy (non-hydrogen) atoms. The number of furan rings is 1. The first-order valence-electron chi connectivity index (χ1n) is 5.47. The van der Waals surface area contributed by atoms with Gasteiger partial charge in [-0.2, -0.15) is 0 Å². The topological polar surface area (TPSA) is 30.2 Å². The van der Waals surface area contributed by atoms with Gasteiger partial charge in [0.25, 0.3) is 0 Å². The van der Waals surface area contributed by atoms with E-state index in [1.165, 1.54) is 0 Å². The lowest BCUT2D eigenvalue weighted by Gasteiger charge is -2.04. The quantitative estimate of drug-likeness (QED) is 0.725. The molecule has 0 aliphatic heterocycles. The largest absolute Gasteiger partial charge is 0.464 e. The third-order valence-corrected chi connectivity index (χ3v) is 3.19. The summed E-state index contributed by atoms with van der Waals surface area (Å²) in [6.07, 6.45) is 2.49. The SMILES string of the molecule is CC1Cc2c(cccc2-c2ccco2)C1=O. The Morgan fingerprint density at radius 1 is 1.19 bits per heavy atom. The van der Waals surface area contributed by atoms with Gasteiger partial charge in [0.2, 0.25) is 0 Å². The maximum absolute atomic E-state index is 11.9. The molecule has 0 radical (unpaired) electrons. The fraction of sp³-hybridized carbons (Fsp3) is 0.214. The highest BCUT2D eigenvalue weighted by molar-refractivity contribution is 6.03. The first kappa shape index (κ1) is 9.40. The van der Waals surface area contributed by atoms with Crippen molar-refractivity contribution in [1.82, 2.24) is 0 Å². The van der Waals surface area contributed by atoms with Gasteiger partial charge >= 0.3 is 0 Å². The second kappa shape index (κ2) is 3.34. The van der Waals surface area contributed by atoms with E-state index in [-0.39, 0.29) is 11.7 Å². The van der Waals surface area contributed by atoms with E-state index in [2.05, 4.69) is 0 Å². The molecule has 1 aromatic heterocycles. The van der Waals surface area contributed by atoms with Gasteiger partial charge in [-0.1, -0.05) is 25.1 Å². The van der Waals surface area contributed by atoms with Crippen molar-refractivity contribution in [3.63, 3.8) is 0 Å². The molecular weight excluding hydrogens is 200 g/mol. The van der Waals surface area contributed by atoms with Crippen LogP contribution in [0.3, 0.4) is 0 Å². The number of ketones is 1. The van der Waals surface area contributed by atoms with E-state index >= 15 is 0 Å². The van der Waals surface area contributed by atoms with E-state index in [1.807, 2.05) is 37.3 Å². The molecule has 80 valence electrons. The fourth-order valence-electron chi connectivity index (χ4n) is 2.36. The van der Waals surface area contributed by atoms with Crippen molar-refractivity contribution in [3.8, 4) is 11.3 Å². The Balaban J connectivity index is 2.20. The molecule has 1 aliphatic carbocycles. The summed E-state index contributed by atoms with van der Waals surface area (Å²) in [5.74, 6) is 1.20. The average Bonchev–Trinajstić information content (AvgIpc) is 2.89. The van der Waals surface area contributed by atoms with Gasteiger partial charge in [-0.25, -0.2) is 0 Å². The van der Waals surface area contributed by atoms with E-state index in [0.29, 0.717) is 0 Å². The first-order valence-corrected chi connectivity index (χ1v) is 5.47. The fourth-order valence-corrected chi connectivity index (χ4v) is 2.36. The molecule has 0 spiro atoms. The Hall–Kier alpha value is -1.83. The van der Waals surface area contributed by atoms with Crippen LogP contribution in [0.4, 0.5) is 0 Å². The molecule has 0 bridgehead atoms. The highest BCUT2D eigenvalue weighted by Gasteiger charge is 2.29. The standard InChI is InChI=1S/C14H12O2/c1-9-8-12-10(13-6-3-7-16-13)4-2-5-11(12)14(9)15/h2-7,9H,8H2,1H3. The molecule has 1 aliphatic rings. The molecule has 1 aromatic carbocycles. The Bertz CT molecular complexity index is 538. The zero-order chi connectivity index (χ0) is 11.1. The number of rotatable bonds is 1. The lowest BCUT2D eigenvalue weighted by molar-refractivity contribution is 0.0946. The second-order valence-corrected chi connectivity index (χ2v) is 4.28. The highest BCUT2D eigenvalue weighted by Crippen LogP contribution is 2.34. The predicted molar refractivity (Wildman–Crippen MR) is 61.3 cm³/mol. The number of Topliss-reactive ketones (excluding diaryl/α,β-unsaturated/α-hetero) is 1. The van der Waals surface area contributed by atoms with E-state index < -0.39 is 0 Å². The summed E-state index contributed by atoms with van der Waals surface area (Å²) in [4.78, 5) is 11.9. The minimum absolute atomic E-state index is 0.103. The molecule has 1 unspecified atom stereocenters. The number of carbonyl (C=O) groups is 1. The Labute approximate surface area is 93.9 Å². The molecule has 3 rings (SSSR count). The smallest absolute Gasteiger partial charge is 0.166 e. The zero-order valence-electron chi connectivity index (χ0n) is 9.07. The van der Waals surface area contributed by atoms with Gasteiger partial charge in [0.15, 0.2) is 5.78 Å². The minimum Gasteiger partial charge on any atom is -0.464 e. The highest BCUT2D eigenvalue weighted by atomic mass is 16.3. The summed E-state index contributed by atoms with van der Waals surface area (Å²) in [6, 6.07) is 9.65. The van der Waals surface area contributed by atoms with Gasteiger partial charge in [-0.15, -0.1) is 0 Å². The Kier molecular flexibility index (Phi) is 1.96. The molecule has 2 nitrogen and oxygen atoms in total. The van der Waals surface area contributed by atoms with Crippen LogP contribution in [0.5, 0.6) is 0 Å². The second-order valence-electron chi connectivity index (χ2n) is 4.28. The van der Waals surface area contributed by atoms with Crippen LogP contribution in [0, 0.1) is 5.92 Å². The Morgan fingerprint density at radius 3 is 2.75 bits per heavy atom. The summed E-state index contributed by atoms with van der Waals surface area (Å²) in [5.41, 5.74) is 3.05. The lowest BCUT2D eigenvalue weighted by atomic mass is 10.0. The average molecular weight is 212 g/mol. The van der Waals surface area contributed by atoms with Crippen LogP contribution in [-0.2, 0) is 6.42 Å². The van der Waals surface area contributed by atoms with Crippen molar-refractivity contribution >= 4 is 5.78 Å². The molecule has 0 N–H and O–H groups in total. The third kappa shape index (κ3) is 1.23. The van der Waals surface area contributed by atoms with Crippen molar-refractivity contribution in [3.05, 3.63) is 47.7 Å². The minimum atomic E-state index is 0.103. The third-order valence-electron chi connectivity index (χ3n) is 3.19. The predicted octanol–water partition coefficient (Wildman–Crippen LogP) is 3.32. The van der Waals surface area contributed by atoms with Crippen LogP contribution in [0.1, 0.15) is 22.8 Å². The van der Waals surface area contributed by atoms with Gasteiger partial charge in [-0.05, 0) is 24.1 Å². The summed E-state index contributed by atoms with van der Waals surface area (Å²) in [7, 11) is 0. The molecular formula is C14H12O2.